The topological polar surface area (TPSA) is 128 Å². The fraction of sp³-hybridized carbons (Fsp3) is 0.478. The maximum atomic E-state index is 14.3. The number of benzene rings is 2. The highest BCUT2D eigenvalue weighted by atomic mass is 31.2. The molecule has 35 heavy (non-hydrogen) atoms. The van der Waals surface area contributed by atoms with E-state index in [1.165, 1.54) is 40.6 Å². The molecule has 0 aliphatic heterocycles. The van der Waals surface area contributed by atoms with Crippen LogP contribution < -0.4 is 24.3 Å². The predicted octanol–water partition coefficient (Wildman–Crippen LogP) is 5.78. The summed E-state index contributed by atoms with van der Waals surface area (Å²) < 4.78 is 47.4. The van der Waals surface area contributed by atoms with Crippen molar-refractivity contribution < 1.29 is 37.5 Å². The lowest BCUT2D eigenvalue weighted by molar-refractivity contribution is -0.384. The van der Waals surface area contributed by atoms with Gasteiger partial charge in [-0.05, 0) is 57.5 Å². The zero-order valence-electron chi connectivity index (χ0n) is 21.2. The first-order chi connectivity index (χ1) is 16.5. The molecule has 0 spiro atoms. The molecule has 0 aliphatic carbocycles. The van der Waals surface area contributed by atoms with Crippen molar-refractivity contribution in [3.05, 3.63) is 46.0 Å². The minimum absolute atomic E-state index is 0.0921. The van der Waals surface area contributed by atoms with Crippen molar-refractivity contribution in [3.63, 3.8) is 0 Å². The van der Waals surface area contributed by atoms with Crippen molar-refractivity contribution in [2.75, 3.05) is 33.8 Å². The van der Waals surface area contributed by atoms with Crippen molar-refractivity contribution in [1.82, 2.24) is 0 Å². The number of hydrogen-bond donors (Lipinski definition) is 1. The Morgan fingerprint density at radius 3 is 1.80 bits per heavy atom. The second-order valence-electron chi connectivity index (χ2n) is 7.99. The summed E-state index contributed by atoms with van der Waals surface area (Å²) in [6.45, 7) is 6.88. The van der Waals surface area contributed by atoms with Crippen LogP contribution in [0, 0.1) is 10.1 Å². The molecule has 12 heteroatoms. The number of nitro groups is 1. The molecule has 2 rings (SSSR count). The molecule has 2 aromatic carbocycles. The molecular formula is C23H33N2O9P. The van der Waals surface area contributed by atoms with Gasteiger partial charge in [-0.2, -0.15) is 0 Å². The van der Waals surface area contributed by atoms with Crippen molar-refractivity contribution >= 4 is 19.0 Å². The van der Waals surface area contributed by atoms with Gasteiger partial charge >= 0.3 is 7.60 Å². The summed E-state index contributed by atoms with van der Waals surface area (Å²) in [6, 6.07) is 7.48. The van der Waals surface area contributed by atoms with Crippen LogP contribution in [0.2, 0.25) is 0 Å². The third kappa shape index (κ3) is 6.78. The summed E-state index contributed by atoms with van der Waals surface area (Å²) in [5.41, 5.74) is 0.200. The molecule has 0 saturated carbocycles. The van der Waals surface area contributed by atoms with Gasteiger partial charge in [-0.25, -0.2) is 0 Å². The van der Waals surface area contributed by atoms with Crippen molar-refractivity contribution in [3.8, 4) is 23.0 Å². The van der Waals surface area contributed by atoms with Gasteiger partial charge in [0.1, 0.15) is 11.4 Å². The SMILES string of the molecule is COc1ccc(NC(c2cc(OC)c(OC)c(OC)c2)P(=O)(OC(C)C)OC(C)C)c([N+](=O)[O-])c1. The van der Waals surface area contributed by atoms with Crippen LogP contribution in [0.3, 0.4) is 0 Å². The molecule has 11 nitrogen and oxygen atoms in total. The molecule has 1 N–H and O–H groups in total. The molecule has 0 saturated heterocycles. The fourth-order valence-corrected chi connectivity index (χ4v) is 5.68. The quantitative estimate of drug-likeness (QED) is 0.200. The van der Waals surface area contributed by atoms with Crippen LogP contribution in [0.5, 0.6) is 23.0 Å². The van der Waals surface area contributed by atoms with E-state index in [4.69, 9.17) is 28.0 Å². The number of anilines is 1. The molecule has 0 aliphatic rings. The maximum absolute atomic E-state index is 14.3. The largest absolute Gasteiger partial charge is 0.496 e. The molecule has 1 atom stereocenters. The molecule has 0 aromatic heterocycles. The highest BCUT2D eigenvalue weighted by molar-refractivity contribution is 7.54. The van der Waals surface area contributed by atoms with Crippen LogP contribution in [0.1, 0.15) is 39.0 Å². The van der Waals surface area contributed by atoms with E-state index >= 15 is 0 Å². The van der Waals surface area contributed by atoms with Crippen molar-refractivity contribution in [1.29, 1.82) is 0 Å². The van der Waals surface area contributed by atoms with Crippen LogP contribution in [0.4, 0.5) is 11.4 Å². The van der Waals surface area contributed by atoms with Gasteiger partial charge in [-0.3, -0.25) is 14.7 Å². The molecule has 2 aromatic rings. The fourth-order valence-electron chi connectivity index (χ4n) is 3.40. The molecule has 0 bridgehead atoms. The second kappa shape index (κ2) is 12.1. The average Bonchev–Trinajstić information content (AvgIpc) is 2.80. The summed E-state index contributed by atoms with van der Waals surface area (Å²) in [4.78, 5) is 11.3. The van der Waals surface area contributed by atoms with Crippen LogP contribution >= 0.6 is 7.60 Å². The summed E-state index contributed by atoms with van der Waals surface area (Å²) in [5, 5.41) is 14.8. The second-order valence-corrected chi connectivity index (χ2v) is 10.0. The highest BCUT2D eigenvalue weighted by Gasteiger charge is 2.41. The van der Waals surface area contributed by atoms with E-state index in [1.807, 2.05) is 0 Å². The normalized spacial score (nSPS) is 12.4. The Hall–Kier alpha value is -3.01. The third-order valence-corrected chi connectivity index (χ3v) is 7.22. The summed E-state index contributed by atoms with van der Waals surface area (Å²) >= 11 is 0. The first-order valence-corrected chi connectivity index (χ1v) is 12.5. The van der Waals surface area contributed by atoms with Crippen LogP contribution in [-0.2, 0) is 13.6 Å². The van der Waals surface area contributed by atoms with E-state index in [9.17, 15) is 14.7 Å². The van der Waals surface area contributed by atoms with Crippen molar-refractivity contribution in [2.45, 2.75) is 45.7 Å². The van der Waals surface area contributed by atoms with E-state index in [2.05, 4.69) is 5.32 Å². The molecule has 0 heterocycles. The predicted molar refractivity (Wildman–Crippen MR) is 132 cm³/mol. The highest BCUT2D eigenvalue weighted by Crippen LogP contribution is 2.63. The zero-order valence-corrected chi connectivity index (χ0v) is 22.1. The number of nitro benzene ring substituents is 1. The van der Waals surface area contributed by atoms with E-state index in [0.29, 0.717) is 28.6 Å². The molecule has 0 amide bonds. The molecule has 1 unspecified atom stereocenters. The first kappa shape index (κ1) is 28.2. The van der Waals surface area contributed by atoms with E-state index < -0.39 is 30.5 Å². The minimum Gasteiger partial charge on any atom is -0.496 e. The zero-order chi connectivity index (χ0) is 26.3. The Bertz CT molecular complexity index is 1040. The first-order valence-electron chi connectivity index (χ1n) is 10.8. The summed E-state index contributed by atoms with van der Waals surface area (Å²) in [5.74, 6) is 0.0640. The van der Waals surface area contributed by atoms with Crippen molar-refractivity contribution in [2.24, 2.45) is 0 Å². The van der Waals surface area contributed by atoms with Gasteiger partial charge in [-0.15, -0.1) is 0 Å². The Balaban J connectivity index is 2.80. The standard InChI is InChI=1S/C23H33N2O9P/c1-14(2)33-35(28,34-15(3)4)23(16-11-20(30-6)22(32-8)21(12-16)31-7)24-18-10-9-17(29-5)13-19(18)25(26)27/h9-15,23-24H,1-8H3. The van der Waals surface area contributed by atoms with Crippen LogP contribution in [0.25, 0.3) is 0 Å². The van der Waals surface area contributed by atoms with Gasteiger partial charge in [0.25, 0.3) is 5.69 Å². The summed E-state index contributed by atoms with van der Waals surface area (Å²) in [6.07, 6.45) is -0.950. The number of rotatable bonds is 13. The number of methoxy groups -OCH3 is 4. The average molecular weight is 512 g/mol. The lowest BCUT2D eigenvalue weighted by atomic mass is 10.1. The van der Waals surface area contributed by atoms with Gasteiger partial charge < -0.3 is 33.3 Å². The number of nitrogens with one attached hydrogen (secondary N) is 1. The smallest absolute Gasteiger partial charge is 0.357 e. The molecule has 0 radical (unpaired) electrons. The van der Waals surface area contributed by atoms with E-state index in [-0.39, 0.29) is 11.4 Å². The van der Waals surface area contributed by atoms with E-state index in [0.717, 1.165) is 0 Å². The van der Waals surface area contributed by atoms with Gasteiger partial charge in [0.2, 0.25) is 5.75 Å². The monoisotopic (exact) mass is 512 g/mol. The van der Waals surface area contributed by atoms with Gasteiger partial charge in [0.05, 0.1) is 51.6 Å². The lowest BCUT2D eigenvalue weighted by Gasteiger charge is -2.31. The minimum atomic E-state index is -4.00. The van der Waals surface area contributed by atoms with Gasteiger partial charge in [0, 0.05) is 0 Å². The molecule has 0 fully saturated rings. The molecular weight excluding hydrogens is 479 g/mol. The summed E-state index contributed by atoms with van der Waals surface area (Å²) in [7, 11) is 1.78. The number of ether oxygens (including phenoxy) is 4. The van der Waals surface area contributed by atoms with Crippen LogP contribution in [0.15, 0.2) is 30.3 Å². The Morgan fingerprint density at radius 2 is 1.40 bits per heavy atom. The Kier molecular flexibility index (Phi) is 9.76. The van der Waals surface area contributed by atoms with Crippen LogP contribution in [-0.4, -0.2) is 45.6 Å². The number of hydrogen-bond acceptors (Lipinski definition) is 10. The maximum Gasteiger partial charge on any atom is 0.357 e. The number of nitrogens with zero attached hydrogens (tertiary/aromatic N) is 1. The van der Waals surface area contributed by atoms with E-state index in [1.54, 1.807) is 45.9 Å². The van der Waals surface area contributed by atoms with Gasteiger partial charge in [0.15, 0.2) is 17.3 Å². The Labute approximate surface area is 205 Å². The third-order valence-electron chi connectivity index (χ3n) is 4.73. The van der Waals surface area contributed by atoms with Gasteiger partial charge in [-0.1, -0.05) is 0 Å². The molecule has 194 valence electrons. The Morgan fingerprint density at radius 1 is 0.857 bits per heavy atom. The lowest BCUT2D eigenvalue weighted by Crippen LogP contribution is -2.20.